The van der Waals surface area contributed by atoms with Crippen LogP contribution < -0.4 is 0 Å². The van der Waals surface area contributed by atoms with Crippen molar-refractivity contribution in [3.05, 3.63) is 0 Å². The van der Waals surface area contributed by atoms with Crippen LogP contribution in [0.5, 0.6) is 0 Å². The summed E-state index contributed by atoms with van der Waals surface area (Å²) in [6.45, 7) is 0. The van der Waals surface area contributed by atoms with Crippen LogP contribution in [-0.2, 0) is 0 Å². The third-order valence-electron chi connectivity index (χ3n) is 0.503. The molecule has 0 spiro atoms. The minimum atomic E-state index is -1.13. The molecule has 0 amide bonds. The lowest BCUT2D eigenvalue weighted by atomic mass is 11.0. The smallest absolute Gasteiger partial charge is 0.147 e. The highest BCUT2D eigenvalue weighted by Crippen LogP contribution is 2.13. The maximum atomic E-state index is 5.49. The Morgan fingerprint density at radius 3 is 1.12 bits per heavy atom. The second-order valence-corrected chi connectivity index (χ2v) is 10.2. The quantitative estimate of drug-likeness (QED) is 0.512. The highest BCUT2D eigenvalue weighted by Gasteiger charge is 2.08. The van der Waals surface area contributed by atoms with Gasteiger partial charge in [-0.3, -0.25) is 0 Å². The number of halogens is 4. The molecule has 0 aliphatic heterocycles. The molecule has 0 saturated heterocycles. The SMILES string of the molecule is Cl[Si](Cl)CC[Si](Cl)Cl. The summed E-state index contributed by atoms with van der Waals surface area (Å²) in [5.41, 5.74) is 0. The largest absolute Gasteiger partial charge is 0.273 e. The zero-order valence-corrected chi connectivity index (χ0v) is 8.95. The van der Waals surface area contributed by atoms with Gasteiger partial charge in [0.1, 0.15) is 0 Å². The lowest BCUT2D eigenvalue weighted by molar-refractivity contribution is 1.43. The molecule has 0 aromatic heterocycles. The molecule has 0 rings (SSSR count). The van der Waals surface area contributed by atoms with Gasteiger partial charge in [-0.05, 0) is 12.1 Å². The Morgan fingerprint density at radius 2 is 1.00 bits per heavy atom. The van der Waals surface area contributed by atoms with Gasteiger partial charge < -0.3 is 0 Å². The molecule has 0 aromatic carbocycles. The summed E-state index contributed by atoms with van der Waals surface area (Å²) in [6, 6.07) is 1.60. The van der Waals surface area contributed by atoms with Crippen molar-refractivity contribution in [2.45, 2.75) is 12.1 Å². The predicted octanol–water partition coefficient (Wildman–Crippen LogP) is 2.92. The van der Waals surface area contributed by atoms with Crippen molar-refractivity contribution < 1.29 is 0 Å². The van der Waals surface area contributed by atoms with E-state index in [0.717, 1.165) is 12.1 Å². The number of rotatable bonds is 3. The summed E-state index contributed by atoms with van der Waals surface area (Å²) in [4.78, 5) is 0. The molecule has 0 nitrogen and oxygen atoms in total. The second kappa shape index (κ2) is 5.38. The van der Waals surface area contributed by atoms with Crippen LogP contribution in [0.2, 0.25) is 12.1 Å². The zero-order valence-electron chi connectivity index (χ0n) is 3.93. The van der Waals surface area contributed by atoms with Gasteiger partial charge in [-0.2, -0.15) is 0 Å². The first kappa shape index (κ1) is 9.59. The van der Waals surface area contributed by atoms with E-state index >= 15 is 0 Å². The van der Waals surface area contributed by atoms with Crippen LogP contribution in [0, 0.1) is 0 Å². The monoisotopic (exact) mass is 224 g/mol. The molecular formula is C2H4Cl4Si2. The molecule has 2 radical (unpaired) electrons. The molecule has 0 heterocycles. The van der Waals surface area contributed by atoms with E-state index in [-0.39, 0.29) is 0 Å². The first-order chi connectivity index (χ1) is 3.63. The molecule has 0 atom stereocenters. The lowest BCUT2D eigenvalue weighted by Crippen LogP contribution is -1.97. The molecule has 0 aromatic rings. The molecule has 0 saturated carbocycles. The van der Waals surface area contributed by atoms with E-state index in [2.05, 4.69) is 0 Å². The normalized spacial score (nSPS) is 11.2. The summed E-state index contributed by atoms with van der Waals surface area (Å²) < 4.78 is 0. The summed E-state index contributed by atoms with van der Waals surface area (Å²) in [5.74, 6) is 0. The molecule has 48 valence electrons. The van der Waals surface area contributed by atoms with E-state index in [9.17, 15) is 0 Å². The van der Waals surface area contributed by atoms with Crippen LogP contribution in [0.25, 0.3) is 0 Å². The van der Waals surface area contributed by atoms with Crippen LogP contribution in [0.1, 0.15) is 0 Å². The van der Waals surface area contributed by atoms with Crippen molar-refractivity contribution in [1.82, 2.24) is 0 Å². The van der Waals surface area contributed by atoms with Gasteiger partial charge in [0, 0.05) is 0 Å². The standard InChI is InChI=1S/C2H4Cl4Si2/c3-7(4)1-2-8(5)6/h1-2H2. The average Bonchev–Trinajstić information content (AvgIpc) is 1.61. The minimum Gasteiger partial charge on any atom is -0.147 e. The Hall–Kier alpha value is 1.59. The van der Waals surface area contributed by atoms with Gasteiger partial charge in [-0.25, -0.2) is 0 Å². The molecule has 6 heteroatoms. The number of hydrogen-bond donors (Lipinski definition) is 0. The van der Waals surface area contributed by atoms with Gasteiger partial charge >= 0.3 is 0 Å². The Bertz CT molecular complexity index is 48.0. The fraction of sp³-hybridized carbons (Fsp3) is 1.00. The fourth-order valence-corrected chi connectivity index (χ4v) is 5.10. The maximum Gasteiger partial charge on any atom is 0.273 e. The van der Waals surface area contributed by atoms with Crippen molar-refractivity contribution in [3.8, 4) is 0 Å². The van der Waals surface area contributed by atoms with Crippen LogP contribution in [0.4, 0.5) is 0 Å². The topological polar surface area (TPSA) is 0 Å². The van der Waals surface area contributed by atoms with Crippen LogP contribution in [0.15, 0.2) is 0 Å². The van der Waals surface area contributed by atoms with Gasteiger partial charge in [-0.15, -0.1) is 44.3 Å². The van der Waals surface area contributed by atoms with Crippen LogP contribution in [0.3, 0.4) is 0 Å². The number of hydrogen-bond acceptors (Lipinski definition) is 0. The lowest BCUT2D eigenvalue weighted by Gasteiger charge is -1.94. The molecule has 0 fully saturated rings. The molecule has 0 bridgehead atoms. The zero-order chi connectivity index (χ0) is 6.57. The van der Waals surface area contributed by atoms with Gasteiger partial charge in [-0.1, -0.05) is 0 Å². The van der Waals surface area contributed by atoms with E-state index in [1.807, 2.05) is 0 Å². The first-order valence-electron chi connectivity index (χ1n) is 1.96. The summed E-state index contributed by atoms with van der Waals surface area (Å²) in [6.07, 6.45) is 0. The molecule has 0 unspecified atom stereocenters. The van der Waals surface area contributed by atoms with Gasteiger partial charge in [0.15, 0.2) is 0 Å². The van der Waals surface area contributed by atoms with Crippen molar-refractivity contribution in [2.24, 2.45) is 0 Å². The van der Waals surface area contributed by atoms with Gasteiger partial charge in [0.25, 0.3) is 14.8 Å². The van der Waals surface area contributed by atoms with E-state index in [4.69, 9.17) is 44.3 Å². The third-order valence-corrected chi connectivity index (χ3v) is 4.53. The van der Waals surface area contributed by atoms with Gasteiger partial charge in [0.05, 0.1) is 0 Å². The Kier molecular flexibility index (Phi) is 6.46. The molecule has 8 heavy (non-hydrogen) atoms. The Labute approximate surface area is 71.1 Å². The van der Waals surface area contributed by atoms with E-state index in [0.29, 0.717) is 0 Å². The Morgan fingerprint density at radius 1 is 0.750 bits per heavy atom. The summed E-state index contributed by atoms with van der Waals surface area (Å²) >= 11 is 22.0. The van der Waals surface area contributed by atoms with E-state index in [1.165, 1.54) is 0 Å². The molecule has 0 N–H and O–H groups in total. The van der Waals surface area contributed by atoms with Crippen molar-refractivity contribution >= 4 is 59.1 Å². The predicted molar refractivity (Wildman–Crippen MR) is 44.5 cm³/mol. The fourth-order valence-electron chi connectivity index (χ4n) is 0.189. The maximum absolute atomic E-state index is 5.49. The van der Waals surface area contributed by atoms with Crippen LogP contribution in [-0.4, -0.2) is 14.8 Å². The van der Waals surface area contributed by atoms with Crippen molar-refractivity contribution in [3.63, 3.8) is 0 Å². The highest BCUT2D eigenvalue weighted by atomic mass is 35.7. The first-order valence-corrected chi connectivity index (χ1v) is 9.42. The summed E-state index contributed by atoms with van der Waals surface area (Å²) in [5, 5.41) is 0. The third kappa shape index (κ3) is 7.59. The Balaban J connectivity index is 2.93. The molecular weight excluding hydrogens is 222 g/mol. The molecule has 0 aliphatic carbocycles. The minimum absolute atomic E-state index is 0.801. The molecule has 0 aliphatic rings. The van der Waals surface area contributed by atoms with Crippen molar-refractivity contribution in [2.75, 3.05) is 0 Å². The van der Waals surface area contributed by atoms with Crippen molar-refractivity contribution in [1.29, 1.82) is 0 Å². The van der Waals surface area contributed by atoms with Gasteiger partial charge in [0.2, 0.25) is 0 Å². The van der Waals surface area contributed by atoms with E-state index in [1.54, 1.807) is 0 Å². The van der Waals surface area contributed by atoms with E-state index < -0.39 is 14.8 Å². The highest BCUT2D eigenvalue weighted by molar-refractivity contribution is 7.36. The second-order valence-electron chi connectivity index (χ2n) is 1.18. The average molecular weight is 226 g/mol. The van der Waals surface area contributed by atoms with Crippen LogP contribution >= 0.6 is 44.3 Å². The summed E-state index contributed by atoms with van der Waals surface area (Å²) in [7, 11) is -2.26.